The van der Waals surface area contributed by atoms with Gasteiger partial charge in [-0.25, -0.2) is 4.79 Å². The first-order valence-electron chi connectivity index (χ1n) is 4.92. The second kappa shape index (κ2) is 4.75. The first-order chi connectivity index (χ1) is 8.27. The van der Waals surface area contributed by atoms with Gasteiger partial charge in [-0.05, 0) is 6.92 Å². The van der Waals surface area contributed by atoms with Gasteiger partial charge in [0.05, 0.1) is 6.61 Å². The van der Waals surface area contributed by atoms with E-state index in [0.29, 0.717) is 0 Å². The van der Waals surface area contributed by atoms with Crippen LogP contribution in [0, 0.1) is 0 Å². The van der Waals surface area contributed by atoms with Gasteiger partial charge in [-0.1, -0.05) is 0 Å². The van der Waals surface area contributed by atoms with E-state index >= 15 is 0 Å². The Morgan fingerprint density at radius 1 is 1.44 bits per heavy atom. The molecule has 0 unspecified atom stereocenters. The summed E-state index contributed by atoms with van der Waals surface area (Å²) in [5.74, 6) is -5.06. The summed E-state index contributed by atoms with van der Waals surface area (Å²) in [5.41, 5.74) is -2.40. The summed E-state index contributed by atoms with van der Waals surface area (Å²) < 4.78 is 9.14. The zero-order chi connectivity index (χ0) is 14.1. The maximum atomic E-state index is 11.6. The van der Waals surface area contributed by atoms with Crippen LogP contribution in [-0.4, -0.2) is 51.4 Å². The number of cyclic esters (lactones) is 1. The summed E-state index contributed by atoms with van der Waals surface area (Å²) in [7, 11) is 0. The van der Waals surface area contributed by atoms with Crippen molar-refractivity contribution in [2.75, 3.05) is 6.61 Å². The quantitative estimate of drug-likeness (QED) is 0.524. The van der Waals surface area contributed by atoms with Gasteiger partial charge in [0.1, 0.15) is 6.10 Å². The average molecular weight is 260 g/mol. The Morgan fingerprint density at radius 2 is 2.00 bits per heavy atom. The van der Waals surface area contributed by atoms with E-state index in [-0.39, 0.29) is 0 Å². The van der Waals surface area contributed by atoms with Crippen LogP contribution in [0.15, 0.2) is 11.5 Å². The van der Waals surface area contributed by atoms with E-state index in [0.717, 1.165) is 13.8 Å². The summed E-state index contributed by atoms with van der Waals surface area (Å²) in [6.07, 6.45) is -1.86. The largest absolute Gasteiger partial charge is 0.499 e. The summed E-state index contributed by atoms with van der Waals surface area (Å²) in [5, 5.41) is 27.9. The van der Waals surface area contributed by atoms with Crippen molar-refractivity contribution in [3.63, 3.8) is 0 Å². The van der Waals surface area contributed by atoms with Gasteiger partial charge >= 0.3 is 11.9 Å². The summed E-state index contributed by atoms with van der Waals surface area (Å²) in [6, 6.07) is 0. The first kappa shape index (κ1) is 14.1. The number of ketones is 1. The van der Waals surface area contributed by atoms with E-state index in [1.165, 1.54) is 0 Å². The number of rotatable bonds is 4. The fraction of sp³-hybridized carbons (Fsp3) is 0.500. The predicted octanol–water partition coefficient (Wildman–Crippen LogP) is -1.44. The van der Waals surface area contributed by atoms with Crippen molar-refractivity contribution < 1.29 is 39.2 Å². The molecule has 8 heteroatoms. The van der Waals surface area contributed by atoms with Gasteiger partial charge in [0.15, 0.2) is 5.78 Å². The number of hydrogen-bond acceptors (Lipinski definition) is 8. The lowest BCUT2D eigenvalue weighted by atomic mass is 9.90. The fourth-order valence-corrected chi connectivity index (χ4v) is 1.59. The van der Waals surface area contributed by atoms with Gasteiger partial charge in [-0.15, -0.1) is 0 Å². The third kappa shape index (κ3) is 1.95. The summed E-state index contributed by atoms with van der Waals surface area (Å²) in [6.45, 7) is 0.985. The van der Waals surface area contributed by atoms with Gasteiger partial charge < -0.3 is 24.8 Å². The van der Waals surface area contributed by atoms with Crippen LogP contribution in [0.3, 0.4) is 0 Å². The molecular weight excluding hydrogens is 248 g/mol. The molecule has 0 saturated heterocycles. The second-order valence-corrected chi connectivity index (χ2v) is 3.65. The van der Waals surface area contributed by atoms with E-state index in [2.05, 4.69) is 9.47 Å². The lowest BCUT2D eigenvalue weighted by molar-refractivity contribution is -0.174. The summed E-state index contributed by atoms with van der Waals surface area (Å²) >= 11 is 0. The normalized spacial score (nSPS) is 24.8. The van der Waals surface area contributed by atoms with Gasteiger partial charge in [0, 0.05) is 6.92 Å². The zero-order valence-corrected chi connectivity index (χ0v) is 9.67. The highest BCUT2D eigenvalue weighted by Gasteiger charge is 2.59. The molecule has 1 rings (SSSR count). The highest BCUT2D eigenvalue weighted by atomic mass is 16.6. The van der Waals surface area contributed by atoms with Gasteiger partial charge in [-0.3, -0.25) is 9.59 Å². The van der Waals surface area contributed by atoms with Crippen LogP contribution in [-0.2, 0) is 23.9 Å². The number of aliphatic hydroxyl groups excluding tert-OH is 3. The fourth-order valence-electron chi connectivity index (χ4n) is 1.59. The highest BCUT2D eigenvalue weighted by Crippen LogP contribution is 2.36. The van der Waals surface area contributed by atoms with Crippen LogP contribution < -0.4 is 0 Å². The Morgan fingerprint density at radius 3 is 2.39 bits per heavy atom. The number of hydrogen-bond donors (Lipinski definition) is 3. The minimum Gasteiger partial charge on any atom is -0.499 e. The SMILES string of the molecule is CC(=O)OC1=C(O)C(=O)O[C@]1(C(C)=O)[C@@H](O)CO. The van der Waals surface area contributed by atoms with Crippen LogP contribution in [0.2, 0.25) is 0 Å². The topological polar surface area (TPSA) is 130 Å². The van der Waals surface area contributed by atoms with Crippen molar-refractivity contribution >= 4 is 17.7 Å². The third-order valence-corrected chi connectivity index (χ3v) is 2.41. The molecule has 100 valence electrons. The molecule has 0 aromatic rings. The number of aliphatic hydroxyl groups is 3. The molecule has 8 nitrogen and oxygen atoms in total. The molecule has 0 saturated carbocycles. The molecule has 0 aromatic heterocycles. The Hall–Kier alpha value is -1.93. The molecule has 2 atom stereocenters. The van der Waals surface area contributed by atoms with Gasteiger partial charge in [0.2, 0.25) is 11.5 Å². The number of carbonyl (C=O) groups excluding carboxylic acids is 3. The lowest BCUT2D eigenvalue weighted by Crippen LogP contribution is -2.53. The first-order valence-corrected chi connectivity index (χ1v) is 4.92. The molecule has 3 N–H and O–H groups in total. The number of ether oxygens (including phenoxy) is 2. The summed E-state index contributed by atoms with van der Waals surface area (Å²) in [4.78, 5) is 33.7. The Balaban J connectivity index is 3.38. The van der Waals surface area contributed by atoms with E-state index in [1.54, 1.807) is 0 Å². The van der Waals surface area contributed by atoms with E-state index in [9.17, 15) is 24.6 Å². The monoisotopic (exact) mass is 260 g/mol. The Kier molecular flexibility index (Phi) is 3.73. The maximum Gasteiger partial charge on any atom is 0.378 e. The predicted molar refractivity (Wildman–Crippen MR) is 54.0 cm³/mol. The number of esters is 2. The van der Waals surface area contributed by atoms with Crippen molar-refractivity contribution in [2.24, 2.45) is 0 Å². The van der Waals surface area contributed by atoms with Crippen molar-refractivity contribution in [1.29, 1.82) is 0 Å². The maximum absolute atomic E-state index is 11.6. The molecule has 0 spiro atoms. The Bertz CT molecular complexity index is 437. The van der Waals surface area contributed by atoms with Crippen LogP contribution >= 0.6 is 0 Å². The molecule has 1 aliphatic heterocycles. The molecule has 0 aromatic carbocycles. The lowest BCUT2D eigenvalue weighted by Gasteiger charge is -2.30. The minimum absolute atomic E-state index is 0.811. The average Bonchev–Trinajstić information content (AvgIpc) is 2.53. The van der Waals surface area contributed by atoms with Crippen molar-refractivity contribution in [1.82, 2.24) is 0 Å². The van der Waals surface area contributed by atoms with Crippen LogP contribution in [0.5, 0.6) is 0 Å². The highest BCUT2D eigenvalue weighted by molar-refractivity contribution is 6.01. The van der Waals surface area contributed by atoms with Gasteiger partial charge in [-0.2, -0.15) is 0 Å². The molecule has 0 amide bonds. The van der Waals surface area contributed by atoms with Crippen LogP contribution in [0.1, 0.15) is 13.8 Å². The van der Waals surface area contributed by atoms with E-state index in [1.807, 2.05) is 0 Å². The molecule has 0 fully saturated rings. The molecule has 1 heterocycles. The number of Topliss-reactive ketones (excluding diaryl/α,β-unsaturated/α-hetero) is 1. The van der Waals surface area contributed by atoms with Crippen LogP contribution in [0.25, 0.3) is 0 Å². The second-order valence-electron chi connectivity index (χ2n) is 3.65. The molecular formula is C10H12O8. The van der Waals surface area contributed by atoms with Crippen molar-refractivity contribution in [3.05, 3.63) is 11.5 Å². The van der Waals surface area contributed by atoms with E-state index in [4.69, 9.17) is 5.11 Å². The molecule has 0 aliphatic carbocycles. The van der Waals surface area contributed by atoms with E-state index < -0.39 is 47.6 Å². The van der Waals surface area contributed by atoms with Crippen LogP contribution in [0.4, 0.5) is 0 Å². The molecule has 0 radical (unpaired) electrons. The Labute approximate surface area is 101 Å². The molecule has 18 heavy (non-hydrogen) atoms. The number of carbonyl (C=O) groups is 3. The minimum atomic E-state index is -2.40. The molecule has 0 bridgehead atoms. The van der Waals surface area contributed by atoms with Crippen molar-refractivity contribution in [2.45, 2.75) is 25.6 Å². The van der Waals surface area contributed by atoms with Gasteiger partial charge in [0.25, 0.3) is 5.60 Å². The smallest absolute Gasteiger partial charge is 0.378 e. The standard InChI is InChI=1S/C10H12O8/c1-4(12)10(6(14)3-11)8(17-5(2)13)7(15)9(16)18-10/h6,11,14-15H,3H2,1-2H3/t6-,10+/m0/s1. The molecule has 1 aliphatic rings. The van der Waals surface area contributed by atoms with Crippen molar-refractivity contribution in [3.8, 4) is 0 Å². The third-order valence-electron chi connectivity index (χ3n) is 2.41. The zero-order valence-electron chi connectivity index (χ0n) is 9.67.